The summed E-state index contributed by atoms with van der Waals surface area (Å²) in [5.74, 6) is 2.67. The smallest absolute Gasteiger partial charge is 0.252 e. The number of nitrogens with one attached hydrogen (secondary N) is 2. The van der Waals surface area contributed by atoms with Crippen molar-refractivity contribution in [1.29, 1.82) is 0 Å². The van der Waals surface area contributed by atoms with Crippen molar-refractivity contribution in [2.24, 2.45) is 23.2 Å². The molecule has 154 valence electrons. The highest BCUT2D eigenvalue weighted by Crippen LogP contribution is 2.59. The number of hydrogen-bond donors (Lipinski definition) is 2. The first-order valence-corrected chi connectivity index (χ1v) is 11.5. The van der Waals surface area contributed by atoms with E-state index in [4.69, 9.17) is 11.6 Å². The van der Waals surface area contributed by atoms with Gasteiger partial charge < -0.3 is 10.6 Å². The maximum Gasteiger partial charge on any atom is 0.252 e. The van der Waals surface area contributed by atoms with Gasteiger partial charge in [0.1, 0.15) is 0 Å². The summed E-state index contributed by atoms with van der Waals surface area (Å²) >= 11 is 6.31. The van der Waals surface area contributed by atoms with Gasteiger partial charge in [-0.15, -0.1) is 0 Å². The third-order valence-corrected chi connectivity index (χ3v) is 7.41. The van der Waals surface area contributed by atoms with Crippen LogP contribution in [0.25, 0.3) is 0 Å². The van der Waals surface area contributed by atoms with Crippen molar-refractivity contribution in [3.63, 3.8) is 0 Å². The normalized spacial score (nSPS) is 30.8. The molecule has 1 amide bonds. The molecule has 0 atom stereocenters. The Morgan fingerprint density at radius 1 is 1.21 bits per heavy atom. The highest BCUT2D eigenvalue weighted by atomic mass is 35.5. The molecule has 4 fully saturated rings. The van der Waals surface area contributed by atoms with Gasteiger partial charge in [0.25, 0.3) is 5.91 Å². The molecular weight excluding hydrogens is 370 g/mol. The summed E-state index contributed by atoms with van der Waals surface area (Å²) in [6, 6.07) is 2.37. The van der Waals surface area contributed by atoms with E-state index in [1.54, 1.807) is 6.20 Å². The molecule has 4 saturated carbocycles. The molecule has 0 spiro atoms. The van der Waals surface area contributed by atoms with Crippen LogP contribution in [0.15, 0.2) is 12.3 Å². The van der Waals surface area contributed by atoms with Gasteiger partial charge in [0.15, 0.2) is 0 Å². The molecule has 5 rings (SSSR count). The summed E-state index contributed by atoms with van der Waals surface area (Å²) in [4.78, 5) is 17.3. The van der Waals surface area contributed by atoms with Gasteiger partial charge >= 0.3 is 0 Å². The fourth-order valence-electron chi connectivity index (χ4n) is 6.32. The molecule has 0 aromatic carbocycles. The second kappa shape index (κ2) is 8.31. The summed E-state index contributed by atoms with van der Waals surface area (Å²) in [5.41, 5.74) is 1.86. The second-order valence-corrected chi connectivity index (χ2v) is 10.4. The first-order valence-electron chi connectivity index (χ1n) is 11.1. The average Bonchev–Trinajstić information content (AvgIpc) is 2.63. The Hall–Kier alpha value is -1.13. The predicted octanol–water partition coefficient (Wildman–Crippen LogP) is 4.61. The Morgan fingerprint density at radius 3 is 2.46 bits per heavy atom. The van der Waals surface area contributed by atoms with Crippen LogP contribution < -0.4 is 10.6 Å². The van der Waals surface area contributed by atoms with Crippen LogP contribution in [-0.2, 0) is 6.42 Å². The predicted molar refractivity (Wildman–Crippen MR) is 114 cm³/mol. The molecular formula is C23H34ClN3O. The van der Waals surface area contributed by atoms with Crippen molar-refractivity contribution in [1.82, 2.24) is 15.6 Å². The maximum absolute atomic E-state index is 12.9. The molecule has 0 saturated heterocycles. The number of carbonyl (C=O) groups is 1. The van der Waals surface area contributed by atoms with Crippen LogP contribution in [0.5, 0.6) is 0 Å². The minimum Gasteiger partial charge on any atom is -0.351 e. The molecule has 5 heteroatoms. The van der Waals surface area contributed by atoms with Gasteiger partial charge in [-0.25, -0.2) is 0 Å². The molecule has 4 aliphatic rings. The van der Waals surface area contributed by atoms with Crippen LogP contribution in [0.2, 0.25) is 5.02 Å². The van der Waals surface area contributed by atoms with Crippen LogP contribution in [0, 0.1) is 23.2 Å². The van der Waals surface area contributed by atoms with Gasteiger partial charge in [-0.05, 0) is 87.1 Å². The number of rotatable bonds is 8. The highest BCUT2D eigenvalue weighted by molar-refractivity contribution is 6.33. The molecule has 1 aromatic heterocycles. The van der Waals surface area contributed by atoms with E-state index in [1.807, 2.05) is 6.07 Å². The molecule has 1 aromatic rings. The molecule has 0 aliphatic heterocycles. The minimum absolute atomic E-state index is 0.0373. The van der Waals surface area contributed by atoms with Gasteiger partial charge in [-0.3, -0.25) is 9.78 Å². The zero-order valence-electron chi connectivity index (χ0n) is 17.3. The van der Waals surface area contributed by atoms with E-state index in [9.17, 15) is 4.79 Å². The van der Waals surface area contributed by atoms with Gasteiger partial charge in [0.05, 0.1) is 10.6 Å². The molecule has 2 N–H and O–H groups in total. The molecule has 4 bridgehead atoms. The quantitative estimate of drug-likeness (QED) is 0.623. The summed E-state index contributed by atoms with van der Waals surface area (Å²) in [5, 5.41) is 7.11. The number of halogens is 1. The number of nitrogens with zero attached hydrogens (tertiary/aromatic N) is 1. The van der Waals surface area contributed by atoms with Crippen molar-refractivity contribution in [3.8, 4) is 0 Å². The van der Waals surface area contributed by atoms with Gasteiger partial charge in [-0.1, -0.05) is 25.4 Å². The topological polar surface area (TPSA) is 54.0 Å². The number of aryl methyl sites for hydroxylation is 1. The van der Waals surface area contributed by atoms with Crippen LogP contribution >= 0.6 is 11.6 Å². The fourth-order valence-corrected chi connectivity index (χ4v) is 6.51. The van der Waals surface area contributed by atoms with Crippen molar-refractivity contribution in [3.05, 3.63) is 28.5 Å². The van der Waals surface area contributed by atoms with Gasteiger partial charge in [0.2, 0.25) is 0 Å². The van der Waals surface area contributed by atoms with E-state index in [1.165, 1.54) is 38.5 Å². The van der Waals surface area contributed by atoms with Crippen LogP contribution in [0.4, 0.5) is 0 Å². The van der Waals surface area contributed by atoms with Gasteiger partial charge in [-0.2, -0.15) is 0 Å². The molecule has 28 heavy (non-hydrogen) atoms. The van der Waals surface area contributed by atoms with E-state index in [-0.39, 0.29) is 5.91 Å². The third-order valence-electron chi connectivity index (χ3n) is 7.11. The van der Waals surface area contributed by atoms with E-state index >= 15 is 0 Å². The zero-order chi connectivity index (χ0) is 19.7. The lowest BCUT2D eigenvalue weighted by atomic mass is 9.49. The summed E-state index contributed by atoms with van der Waals surface area (Å²) in [6.45, 7) is 6.05. The zero-order valence-corrected chi connectivity index (χ0v) is 18.0. The van der Waals surface area contributed by atoms with E-state index in [0.717, 1.165) is 49.4 Å². The largest absolute Gasteiger partial charge is 0.351 e. The Bertz CT molecular complexity index is 683. The van der Waals surface area contributed by atoms with E-state index in [0.29, 0.717) is 22.0 Å². The van der Waals surface area contributed by atoms with Crippen LogP contribution in [0.1, 0.15) is 74.8 Å². The lowest BCUT2D eigenvalue weighted by Gasteiger charge is -2.56. The van der Waals surface area contributed by atoms with Crippen molar-refractivity contribution in [2.45, 2.75) is 71.3 Å². The van der Waals surface area contributed by atoms with Crippen molar-refractivity contribution >= 4 is 17.5 Å². The Balaban J connectivity index is 1.35. The standard InChI is InChI=1S/C23H34ClN3O/c1-15(2)25-5-3-4-19-9-20(21(24)13-26-19)22(28)27-14-23-10-16-6-17(11-23)8-18(7-16)12-23/h9,13,15-18,25H,3-8,10-12,14H2,1-2H3,(H,27,28). The minimum atomic E-state index is -0.0373. The first kappa shape index (κ1) is 20.2. The molecule has 0 radical (unpaired) electrons. The highest BCUT2D eigenvalue weighted by Gasteiger charge is 2.50. The number of pyridine rings is 1. The van der Waals surface area contributed by atoms with Crippen LogP contribution in [-0.4, -0.2) is 30.0 Å². The maximum atomic E-state index is 12.9. The van der Waals surface area contributed by atoms with Crippen molar-refractivity contribution < 1.29 is 4.79 Å². The third kappa shape index (κ3) is 4.54. The first-order chi connectivity index (χ1) is 13.4. The van der Waals surface area contributed by atoms with Crippen molar-refractivity contribution in [2.75, 3.05) is 13.1 Å². The van der Waals surface area contributed by atoms with Gasteiger partial charge in [0, 0.05) is 24.5 Å². The summed E-state index contributed by atoms with van der Waals surface area (Å²) in [7, 11) is 0. The van der Waals surface area contributed by atoms with E-state index < -0.39 is 0 Å². The average molecular weight is 404 g/mol. The Morgan fingerprint density at radius 2 is 1.86 bits per heavy atom. The Kier molecular flexibility index (Phi) is 5.98. The number of aromatic nitrogens is 1. The number of amides is 1. The van der Waals surface area contributed by atoms with Crippen LogP contribution in [0.3, 0.4) is 0 Å². The number of carbonyl (C=O) groups excluding carboxylic acids is 1. The monoisotopic (exact) mass is 403 g/mol. The Labute approximate surface area is 174 Å². The molecule has 1 heterocycles. The molecule has 4 nitrogen and oxygen atoms in total. The fraction of sp³-hybridized carbons (Fsp3) is 0.739. The number of hydrogen-bond acceptors (Lipinski definition) is 3. The molecule has 0 unspecified atom stereocenters. The lowest BCUT2D eigenvalue weighted by Crippen LogP contribution is -2.51. The summed E-state index contributed by atoms with van der Waals surface area (Å²) < 4.78 is 0. The molecule has 4 aliphatic carbocycles. The lowest BCUT2D eigenvalue weighted by molar-refractivity contribution is -0.0503. The SMILES string of the molecule is CC(C)NCCCc1cc(C(=O)NCC23CC4CC(CC(C4)C2)C3)c(Cl)cn1. The van der Waals surface area contributed by atoms with E-state index in [2.05, 4.69) is 29.5 Å². The second-order valence-electron chi connectivity index (χ2n) is 9.97. The summed E-state index contributed by atoms with van der Waals surface area (Å²) in [6.07, 6.45) is 11.7.